The molecular weight excluding hydrogens is 404 g/mol. The minimum Gasteiger partial charge on any atom is -0.415 e. The van der Waals surface area contributed by atoms with Crippen LogP contribution < -0.4 is 0 Å². The van der Waals surface area contributed by atoms with Gasteiger partial charge in [-0.3, -0.25) is 9.80 Å². The molecule has 1 aromatic heterocycles. The fourth-order valence-electron chi connectivity index (χ4n) is 3.25. The van der Waals surface area contributed by atoms with Gasteiger partial charge in [0, 0.05) is 30.3 Å². The highest BCUT2D eigenvalue weighted by atomic mass is 19.3. The van der Waals surface area contributed by atoms with E-state index in [-0.39, 0.29) is 17.4 Å². The van der Waals surface area contributed by atoms with Crippen LogP contribution in [0.3, 0.4) is 0 Å². The van der Waals surface area contributed by atoms with Crippen LogP contribution in [-0.2, 0) is 13.1 Å². The molecule has 0 fully saturated rings. The van der Waals surface area contributed by atoms with Crippen LogP contribution in [-0.4, -0.2) is 33.2 Å². The number of carbonyl (C=O) groups excluding carboxylic acids is 1. The van der Waals surface area contributed by atoms with Gasteiger partial charge in [0.15, 0.2) is 0 Å². The molecule has 1 amide bonds. The Morgan fingerprint density at radius 3 is 2.43 bits per heavy atom. The molecule has 0 spiro atoms. The van der Waals surface area contributed by atoms with Crippen molar-refractivity contribution in [1.29, 1.82) is 0 Å². The molecule has 0 bridgehead atoms. The van der Waals surface area contributed by atoms with E-state index in [1.807, 2.05) is 0 Å². The van der Waals surface area contributed by atoms with Gasteiger partial charge in [0.25, 0.3) is 18.2 Å². The zero-order chi connectivity index (χ0) is 21.4. The fourth-order valence-corrected chi connectivity index (χ4v) is 3.25. The number of amides is 1. The molecule has 2 aromatic carbocycles. The molecule has 1 aliphatic rings. The minimum atomic E-state index is -2.87. The maximum atomic E-state index is 12.9. The van der Waals surface area contributed by atoms with E-state index in [0.29, 0.717) is 24.2 Å². The van der Waals surface area contributed by atoms with Gasteiger partial charge in [-0.25, -0.2) is 13.8 Å². The van der Waals surface area contributed by atoms with E-state index >= 15 is 0 Å². The highest BCUT2D eigenvalue weighted by molar-refractivity contribution is 5.99. The molecular formula is C20H16F4N4O2. The Labute approximate surface area is 168 Å². The molecule has 0 saturated heterocycles. The molecule has 0 saturated carbocycles. The SMILES string of the molecule is CN(Cc1ccc(C(F)F)cc1)N1Cc2ccc(-c3nnc(C(F)F)o3)cc2C1=O. The molecule has 30 heavy (non-hydrogen) atoms. The van der Waals surface area contributed by atoms with Gasteiger partial charge in [0.2, 0.25) is 5.89 Å². The summed E-state index contributed by atoms with van der Waals surface area (Å²) in [5, 5.41) is 10.1. The van der Waals surface area contributed by atoms with Crippen LogP contribution in [0.15, 0.2) is 46.9 Å². The number of hydrogen-bond donors (Lipinski definition) is 0. The van der Waals surface area contributed by atoms with Crippen LogP contribution in [0, 0.1) is 0 Å². The number of aromatic nitrogens is 2. The molecule has 6 nitrogen and oxygen atoms in total. The maximum absolute atomic E-state index is 12.9. The van der Waals surface area contributed by atoms with Crippen LogP contribution >= 0.6 is 0 Å². The van der Waals surface area contributed by atoms with Crippen LogP contribution in [0.4, 0.5) is 17.6 Å². The summed E-state index contributed by atoms with van der Waals surface area (Å²) in [4.78, 5) is 12.9. The average Bonchev–Trinajstić information content (AvgIpc) is 3.34. The van der Waals surface area contributed by atoms with E-state index in [2.05, 4.69) is 10.2 Å². The number of fused-ring (bicyclic) bond motifs is 1. The van der Waals surface area contributed by atoms with E-state index in [9.17, 15) is 22.4 Å². The molecule has 2 heterocycles. The number of carbonyl (C=O) groups is 1. The zero-order valence-electron chi connectivity index (χ0n) is 15.7. The summed E-state index contributed by atoms with van der Waals surface area (Å²) < 4.78 is 55.6. The first-order valence-electron chi connectivity index (χ1n) is 8.98. The predicted octanol–water partition coefficient (Wildman–Crippen LogP) is 4.61. The number of alkyl halides is 4. The summed E-state index contributed by atoms with van der Waals surface area (Å²) in [7, 11) is 1.72. The number of halogens is 4. The topological polar surface area (TPSA) is 62.5 Å². The lowest BCUT2D eigenvalue weighted by molar-refractivity contribution is 0.00272. The van der Waals surface area contributed by atoms with E-state index < -0.39 is 18.7 Å². The van der Waals surface area contributed by atoms with Crippen LogP contribution in [0.25, 0.3) is 11.5 Å². The molecule has 0 atom stereocenters. The van der Waals surface area contributed by atoms with Crippen molar-refractivity contribution in [2.45, 2.75) is 25.9 Å². The number of rotatable bonds is 6. The van der Waals surface area contributed by atoms with Crippen molar-refractivity contribution in [3.63, 3.8) is 0 Å². The summed E-state index contributed by atoms with van der Waals surface area (Å²) in [6.45, 7) is 0.670. The molecule has 156 valence electrons. The zero-order valence-corrected chi connectivity index (χ0v) is 15.7. The molecule has 4 rings (SSSR count). The van der Waals surface area contributed by atoms with E-state index in [1.165, 1.54) is 23.2 Å². The lowest BCUT2D eigenvalue weighted by atomic mass is 10.1. The molecule has 0 radical (unpaired) electrons. The summed E-state index contributed by atoms with van der Waals surface area (Å²) in [5.41, 5.74) is 2.25. The summed E-state index contributed by atoms with van der Waals surface area (Å²) in [6, 6.07) is 10.8. The van der Waals surface area contributed by atoms with Crippen molar-refractivity contribution in [2.24, 2.45) is 0 Å². The molecule has 1 aliphatic heterocycles. The third kappa shape index (κ3) is 3.78. The lowest BCUT2D eigenvalue weighted by Gasteiger charge is -2.27. The Balaban J connectivity index is 1.50. The minimum absolute atomic E-state index is 0.0605. The van der Waals surface area contributed by atoms with Crippen molar-refractivity contribution < 1.29 is 26.8 Å². The third-order valence-corrected chi connectivity index (χ3v) is 4.82. The predicted molar refractivity (Wildman–Crippen MR) is 97.4 cm³/mol. The van der Waals surface area contributed by atoms with Crippen LogP contribution in [0.5, 0.6) is 0 Å². The first-order valence-corrected chi connectivity index (χ1v) is 8.98. The van der Waals surface area contributed by atoms with E-state index in [4.69, 9.17) is 4.42 Å². The molecule has 10 heteroatoms. The second kappa shape index (κ2) is 7.86. The number of hydrazine groups is 1. The number of nitrogens with zero attached hydrogens (tertiary/aromatic N) is 4. The first kappa shape index (κ1) is 20.0. The molecule has 0 N–H and O–H groups in total. The van der Waals surface area contributed by atoms with Crippen molar-refractivity contribution in [3.05, 3.63) is 70.6 Å². The number of hydrogen-bond acceptors (Lipinski definition) is 5. The van der Waals surface area contributed by atoms with E-state index in [1.54, 1.807) is 36.3 Å². The Hall–Kier alpha value is -3.27. The van der Waals surface area contributed by atoms with Gasteiger partial charge in [-0.15, -0.1) is 10.2 Å². The Kier molecular flexibility index (Phi) is 5.25. The molecule has 0 aliphatic carbocycles. The average molecular weight is 420 g/mol. The summed E-state index contributed by atoms with van der Waals surface area (Å²) >= 11 is 0. The van der Waals surface area contributed by atoms with Crippen molar-refractivity contribution in [2.75, 3.05) is 7.05 Å². The first-order chi connectivity index (χ1) is 14.3. The Morgan fingerprint density at radius 2 is 1.80 bits per heavy atom. The number of benzene rings is 2. The van der Waals surface area contributed by atoms with E-state index in [0.717, 1.165) is 11.1 Å². The Bertz CT molecular complexity index is 1070. The van der Waals surface area contributed by atoms with Gasteiger partial charge in [-0.1, -0.05) is 30.3 Å². The largest absolute Gasteiger partial charge is 0.415 e. The second-order valence-electron chi connectivity index (χ2n) is 6.84. The van der Waals surface area contributed by atoms with Gasteiger partial charge in [0.05, 0.1) is 6.54 Å². The van der Waals surface area contributed by atoms with Crippen molar-refractivity contribution >= 4 is 5.91 Å². The van der Waals surface area contributed by atoms with Crippen LogP contribution in [0.1, 0.15) is 45.8 Å². The quantitative estimate of drug-likeness (QED) is 0.545. The highest BCUT2D eigenvalue weighted by Crippen LogP contribution is 2.30. The van der Waals surface area contributed by atoms with Gasteiger partial charge in [-0.2, -0.15) is 8.78 Å². The van der Waals surface area contributed by atoms with Crippen LogP contribution in [0.2, 0.25) is 0 Å². The second-order valence-corrected chi connectivity index (χ2v) is 6.84. The third-order valence-electron chi connectivity index (χ3n) is 4.82. The van der Waals surface area contributed by atoms with Gasteiger partial charge in [0.1, 0.15) is 0 Å². The highest BCUT2D eigenvalue weighted by Gasteiger charge is 2.31. The van der Waals surface area contributed by atoms with Crippen molar-refractivity contribution in [1.82, 2.24) is 20.2 Å². The normalized spacial score (nSPS) is 13.7. The summed E-state index contributed by atoms with van der Waals surface area (Å²) in [5.74, 6) is -1.14. The maximum Gasteiger partial charge on any atom is 0.314 e. The Morgan fingerprint density at radius 1 is 1.07 bits per heavy atom. The smallest absolute Gasteiger partial charge is 0.314 e. The molecule has 3 aromatic rings. The molecule has 0 unspecified atom stereocenters. The van der Waals surface area contributed by atoms with Gasteiger partial charge in [-0.05, 0) is 23.3 Å². The van der Waals surface area contributed by atoms with Crippen molar-refractivity contribution in [3.8, 4) is 11.5 Å². The van der Waals surface area contributed by atoms with Gasteiger partial charge < -0.3 is 4.42 Å². The lowest BCUT2D eigenvalue weighted by Crippen LogP contribution is -2.39. The fraction of sp³-hybridized carbons (Fsp3) is 0.250. The summed E-state index contributed by atoms with van der Waals surface area (Å²) in [6.07, 6.45) is -5.41. The monoisotopic (exact) mass is 420 g/mol. The standard InChI is InChI=1S/C20H16F4N4O2/c1-27(9-11-2-4-12(5-3-11)16(21)22)28-10-14-7-6-13(8-15(14)20(28)29)18-25-26-19(30-18)17(23)24/h2-8,16-17H,9-10H2,1H3. The van der Waals surface area contributed by atoms with Gasteiger partial charge >= 0.3 is 6.43 Å².